The zero-order valence-electron chi connectivity index (χ0n) is 11.8. The van der Waals surface area contributed by atoms with Crippen molar-refractivity contribution in [1.29, 1.82) is 0 Å². The number of alkyl halides is 3. The summed E-state index contributed by atoms with van der Waals surface area (Å²) in [6.07, 6.45) is -5.80. The summed E-state index contributed by atoms with van der Waals surface area (Å²) in [5.74, 6) is -0.793. The summed E-state index contributed by atoms with van der Waals surface area (Å²) in [4.78, 5) is 11.0. The van der Waals surface area contributed by atoms with Crippen molar-refractivity contribution < 1.29 is 32.5 Å². The van der Waals surface area contributed by atoms with Crippen molar-refractivity contribution in [3.05, 3.63) is 29.8 Å². The second kappa shape index (κ2) is 6.53. The summed E-state index contributed by atoms with van der Waals surface area (Å²) in [5, 5.41) is 12.8. The van der Waals surface area contributed by atoms with Crippen molar-refractivity contribution in [2.24, 2.45) is 0 Å². The summed E-state index contributed by atoms with van der Waals surface area (Å²) in [5.41, 5.74) is 0.735. The van der Waals surface area contributed by atoms with Gasteiger partial charge >= 0.3 is 12.3 Å². The minimum Gasteiger partial charge on any atom is -0.458 e. The molecule has 0 bridgehead atoms. The Labute approximate surface area is 125 Å². The first-order valence-electron chi connectivity index (χ1n) is 6.68. The van der Waals surface area contributed by atoms with Crippen LogP contribution in [0.2, 0.25) is 0 Å². The van der Waals surface area contributed by atoms with Gasteiger partial charge in [-0.3, -0.25) is 4.79 Å². The van der Waals surface area contributed by atoms with E-state index in [1.54, 1.807) is 0 Å². The van der Waals surface area contributed by atoms with Crippen LogP contribution >= 0.6 is 0 Å². The standard InChI is InChI=1S/C14H16F3NO4/c1-8(19)21-13-11(18-7-12(13)20)6-9-2-4-10(5-3-9)22-14(15,16)17/h2-5,11-13,18,20H,6-7H2,1H3/t11-,12+,13+/m1/s1. The van der Waals surface area contributed by atoms with Gasteiger partial charge in [-0.05, 0) is 24.1 Å². The van der Waals surface area contributed by atoms with E-state index >= 15 is 0 Å². The quantitative estimate of drug-likeness (QED) is 0.821. The van der Waals surface area contributed by atoms with Gasteiger partial charge in [0.05, 0.1) is 6.04 Å². The lowest BCUT2D eigenvalue weighted by Crippen LogP contribution is -2.38. The van der Waals surface area contributed by atoms with Gasteiger partial charge in [-0.2, -0.15) is 0 Å². The first kappa shape index (κ1) is 16.6. The number of hydrogen-bond donors (Lipinski definition) is 2. The van der Waals surface area contributed by atoms with Gasteiger partial charge in [0, 0.05) is 13.5 Å². The zero-order valence-corrected chi connectivity index (χ0v) is 11.8. The minimum absolute atomic E-state index is 0.290. The topological polar surface area (TPSA) is 67.8 Å². The maximum Gasteiger partial charge on any atom is 0.573 e. The molecule has 0 radical (unpaired) electrons. The number of aliphatic hydroxyl groups excluding tert-OH is 1. The van der Waals surface area contributed by atoms with Crippen molar-refractivity contribution in [3.63, 3.8) is 0 Å². The number of esters is 1. The molecule has 8 heteroatoms. The number of rotatable bonds is 4. The smallest absolute Gasteiger partial charge is 0.458 e. The fourth-order valence-electron chi connectivity index (χ4n) is 2.39. The lowest BCUT2D eigenvalue weighted by atomic mass is 10.0. The van der Waals surface area contributed by atoms with Crippen molar-refractivity contribution in [3.8, 4) is 5.75 Å². The van der Waals surface area contributed by atoms with Crippen LogP contribution in [0, 0.1) is 0 Å². The van der Waals surface area contributed by atoms with E-state index < -0.39 is 24.5 Å². The van der Waals surface area contributed by atoms with E-state index in [2.05, 4.69) is 10.1 Å². The Bertz CT molecular complexity index is 518. The van der Waals surface area contributed by atoms with Crippen molar-refractivity contribution >= 4 is 5.97 Å². The van der Waals surface area contributed by atoms with Crippen LogP contribution in [0.3, 0.4) is 0 Å². The van der Waals surface area contributed by atoms with E-state index in [0.717, 1.165) is 5.56 Å². The Morgan fingerprint density at radius 2 is 2.00 bits per heavy atom. The fraction of sp³-hybridized carbons (Fsp3) is 0.500. The van der Waals surface area contributed by atoms with E-state index in [9.17, 15) is 23.1 Å². The van der Waals surface area contributed by atoms with Crippen LogP contribution in [0.5, 0.6) is 5.75 Å². The molecule has 1 heterocycles. The maximum atomic E-state index is 12.1. The summed E-state index contributed by atoms with van der Waals surface area (Å²) in [6, 6.07) is 5.13. The second-order valence-corrected chi connectivity index (χ2v) is 5.05. The Kier molecular flexibility index (Phi) is 4.92. The minimum atomic E-state index is -4.72. The summed E-state index contributed by atoms with van der Waals surface area (Å²) in [7, 11) is 0. The predicted octanol–water partition coefficient (Wildman–Crippen LogP) is 1.39. The monoisotopic (exact) mass is 319 g/mol. The molecular weight excluding hydrogens is 303 g/mol. The molecule has 122 valence electrons. The lowest BCUT2D eigenvalue weighted by Gasteiger charge is -2.21. The number of nitrogens with one attached hydrogen (secondary N) is 1. The third-order valence-corrected chi connectivity index (χ3v) is 3.28. The molecule has 0 aliphatic carbocycles. The SMILES string of the molecule is CC(=O)O[C@@H]1[C@@H](O)CN[C@@H]1Cc1ccc(OC(F)(F)F)cc1. The van der Waals surface area contributed by atoms with E-state index in [0.29, 0.717) is 6.42 Å². The molecule has 0 amide bonds. The van der Waals surface area contributed by atoms with Crippen molar-refractivity contribution in [1.82, 2.24) is 5.32 Å². The summed E-state index contributed by atoms with van der Waals surface area (Å²) >= 11 is 0. The molecule has 1 aliphatic rings. The van der Waals surface area contributed by atoms with Crippen LogP contribution in [0.1, 0.15) is 12.5 Å². The third-order valence-electron chi connectivity index (χ3n) is 3.28. The van der Waals surface area contributed by atoms with E-state index in [4.69, 9.17) is 4.74 Å². The second-order valence-electron chi connectivity index (χ2n) is 5.05. The number of benzene rings is 1. The zero-order chi connectivity index (χ0) is 16.3. The molecular formula is C14H16F3NO4. The van der Waals surface area contributed by atoms with E-state index in [1.807, 2.05) is 0 Å². The molecule has 3 atom stereocenters. The van der Waals surface area contributed by atoms with Gasteiger partial charge < -0.3 is 19.9 Å². The van der Waals surface area contributed by atoms with Crippen LogP contribution in [-0.2, 0) is 16.0 Å². The lowest BCUT2D eigenvalue weighted by molar-refractivity contribution is -0.274. The normalized spacial score (nSPS) is 25.0. The highest BCUT2D eigenvalue weighted by Gasteiger charge is 2.37. The number of hydrogen-bond acceptors (Lipinski definition) is 5. The van der Waals surface area contributed by atoms with Crippen LogP contribution in [0.4, 0.5) is 13.2 Å². The Hall–Kier alpha value is -1.80. The first-order valence-corrected chi connectivity index (χ1v) is 6.68. The van der Waals surface area contributed by atoms with Gasteiger partial charge in [0.25, 0.3) is 0 Å². The van der Waals surface area contributed by atoms with Crippen LogP contribution in [-0.4, -0.2) is 42.2 Å². The average molecular weight is 319 g/mol. The third kappa shape index (κ3) is 4.60. The molecule has 1 aromatic rings. The van der Waals surface area contributed by atoms with Crippen molar-refractivity contribution in [2.75, 3.05) is 6.54 Å². The van der Waals surface area contributed by atoms with Crippen LogP contribution in [0.15, 0.2) is 24.3 Å². The molecule has 0 aromatic heterocycles. The van der Waals surface area contributed by atoms with Crippen LogP contribution < -0.4 is 10.1 Å². The van der Waals surface area contributed by atoms with Gasteiger partial charge in [-0.15, -0.1) is 13.2 Å². The Morgan fingerprint density at radius 3 is 2.55 bits per heavy atom. The number of halogens is 3. The summed E-state index contributed by atoms with van der Waals surface area (Å²) in [6.45, 7) is 1.54. The molecule has 0 saturated carbocycles. The molecule has 0 spiro atoms. The molecule has 2 N–H and O–H groups in total. The molecule has 0 unspecified atom stereocenters. The highest BCUT2D eigenvalue weighted by Crippen LogP contribution is 2.24. The molecule has 1 aliphatic heterocycles. The number of β-amino-alcohol motifs (C(OH)–C–C–N with tert-alkyl or cyclic N) is 1. The number of carbonyl (C=O) groups excluding carboxylic acids is 1. The number of aliphatic hydroxyl groups is 1. The largest absolute Gasteiger partial charge is 0.573 e. The number of carbonyl (C=O) groups is 1. The molecule has 1 saturated heterocycles. The van der Waals surface area contributed by atoms with Gasteiger partial charge in [-0.1, -0.05) is 12.1 Å². The highest BCUT2D eigenvalue weighted by atomic mass is 19.4. The predicted molar refractivity (Wildman–Crippen MR) is 70.2 cm³/mol. The fourth-order valence-corrected chi connectivity index (χ4v) is 2.39. The van der Waals surface area contributed by atoms with Crippen molar-refractivity contribution in [2.45, 2.75) is 38.0 Å². The van der Waals surface area contributed by atoms with Gasteiger partial charge in [0.15, 0.2) is 0 Å². The average Bonchev–Trinajstić information content (AvgIpc) is 2.71. The molecule has 1 aromatic carbocycles. The van der Waals surface area contributed by atoms with Gasteiger partial charge in [0.1, 0.15) is 18.0 Å². The molecule has 1 fully saturated rings. The molecule has 22 heavy (non-hydrogen) atoms. The van der Waals surface area contributed by atoms with E-state index in [-0.39, 0.29) is 18.3 Å². The van der Waals surface area contributed by atoms with Crippen LogP contribution in [0.25, 0.3) is 0 Å². The summed E-state index contributed by atoms with van der Waals surface area (Å²) < 4.78 is 45.1. The Balaban J connectivity index is 1.99. The van der Waals surface area contributed by atoms with Gasteiger partial charge in [0.2, 0.25) is 0 Å². The Morgan fingerprint density at radius 1 is 1.36 bits per heavy atom. The first-order chi connectivity index (χ1) is 10.2. The van der Waals surface area contributed by atoms with Gasteiger partial charge in [-0.25, -0.2) is 0 Å². The highest BCUT2D eigenvalue weighted by molar-refractivity contribution is 5.66. The molecule has 5 nitrogen and oxygen atoms in total. The van der Waals surface area contributed by atoms with E-state index in [1.165, 1.54) is 31.2 Å². The number of ether oxygens (including phenoxy) is 2. The maximum absolute atomic E-state index is 12.1. The molecule has 2 rings (SSSR count).